The molecule has 0 aromatic carbocycles. The lowest BCUT2D eigenvalue weighted by molar-refractivity contribution is -0.208. The van der Waals surface area contributed by atoms with Crippen LogP contribution in [-0.4, -0.2) is 56.3 Å². The van der Waals surface area contributed by atoms with Crippen LogP contribution in [-0.2, 0) is 16.4 Å². The van der Waals surface area contributed by atoms with Gasteiger partial charge >= 0.3 is 0 Å². The van der Waals surface area contributed by atoms with Gasteiger partial charge in [-0.1, -0.05) is 0 Å². The second-order valence-corrected chi connectivity index (χ2v) is 7.73. The Morgan fingerprint density at radius 1 is 1.53 bits per heavy atom. The molecular weight excluding hydrogens is 386 g/mol. The molecule has 1 aliphatic rings. The maximum absolute atomic E-state index is 9.55. The Labute approximate surface area is 178 Å². The van der Waals surface area contributed by atoms with E-state index in [1.54, 1.807) is 23.9 Å². The smallest absolute Gasteiger partial charge is 0.257 e. The van der Waals surface area contributed by atoms with E-state index in [-0.39, 0.29) is 24.0 Å². The van der Waals surface area contributed by atoms with Crippen molar-refractivity contribution in [3.8, 4) is 11.9 Å². The molecule has 1 saturated heterocycles. The Morgan fingerprint density at radius 2 is 2.37 bits per heavy atom. The monoisotopic (exact) mass is 414 g/mol. The quantitative estimate of drug-likeness (QED) is 0.628. The summed E-state index contributed by atoms with van der Waals surface area (Å²) in [5.74, 6) is 0.312. The third-order valence-electron chi connectivity index (χ3n) is 5.10. The number of nitriles is 1. The predicted molar refractivity (Wildman–Crippen MR) is 110 cm³/mol. The summed E-state index contributed by atoms with van der Waals surface area (Å²) in [7, 11) is 1.59. The van der Waals surface area contributed by atoms with Crippen molar-refractivity contribution in [3.05, 3.63) is 24.2 Å². The van der Waals surface area contributed by atoms with Gasteiger partial charge in [-0.2, -0.15) is 10.2 Å². The van der Waals surface area contributed by atoms with Gasteiger partial charge in [0.1, 0.15) is 28.7 Å². The molecule has 10 heteroatoms. The standard InChI is InChI=1S/C20H25N7O3/c1-12(10-28-5)27-14(7-21)6-13-8-22-19(24-17(13)27)23-15-9-26(4)25-18(15)30-16-11-29-20(16,2)3/h6,8-9,12,16H,10-11H2,1-5H3,(H,22,23,24)/t12-,16+/m0/s1/i4D3. The summed E-state index contributed by atoms with van der Waals surface area (Å²) in [5, 5.41) is 17.4. The van der Waals surface area contributed by atoms with Crippen molar-refractivity contribution in [2.45, 2.75) is 38.5 Å². The number of nitrogens with zero attached hydrogens (tertiary/aromatic N) is 6. The van der Waals surface area contributed by atoms with Gasteiger partial charge in [-0.25, -0.2) is 4.98 Å². The zero-order valence-corrected chi connectivity index (χ0v) is 17.2. The minimum Gasteiger partial charge on any atom is -0.466 e. The molecule has 0 amide bonds. The third kappa shape index (κ3) is 3.58. The summed E-state index contributed by atoms with van der Waals surface area (Å²) in [6, 6.07) is 3.75. The van der Waals surface area contributed by atoms with Gasteiger partial charge < -0.3 is 24.1 Å². The number of rotatable bonds is 7. The van der Waals surface area contributed by atoms with Crippen LogP contribution >= 0.6 is 0 Å². The van der Waals surface area contributed by atoms with Crippen LogP contribution < -0.4 is 10.1 Å². The highest BCUT2D eigenvalue weighted by Gasteiger charge is 2.43. The largest absolute Gasteiger partial charge is 0.466 e. The summed E-state index contributed by atoms with van der Waals surface area (Å²) in [6.07, 6.45) is 2.64. The summed E-state index contributed by atoms with van der Waals surface area (Å²) in [4.78, 5) is 8.89. The molecule has 10 nitrogen and oxygen atoms in total. The highest BCUT2D eigenvalue weighted by atomic mass is 16.6. The van der Waals surface area contributed by atoms with Crippen LogP contribution in [0.1, 0.15) is 36.6 Å². The van der Waals surface area contributed by atoms with E-state index in [1.165, 1.54) is 6.20 Å². The highest BCUT2D eigenvalue weighted by Crippen LogP contribution is 2.33. The second-order valence-electron chi connectivity index (χ2n) is 7.73. The lowest BCUT2D eigenvalue weighted by atomic mass is 9.96. The number of hydrogen-bond donors (Lipinski definition) is 1. The van der Waals surface area contributed by atoms with Crippen LogP contribution in [0.2, 0.25) is 0 Å². The van der Waals surface area contributed by atoms with Crippen molar-refractivity contribution in [3.63, 3.8) is 0 Å². The number of hydrogen-bond acceptors (Lipinski definition) is 8. The Morgan fingerprint density at radius 3 is 3.00 bits per heavy atom. The van der Waals surface area contributed by atoms with Crippen LogP contribution in [0, 0.1) is 11.3 Å². The summed E-state index contributed by atoms with van der Waals surface area (Å²) in [5.41, 5.74) is 0.777. The molecule has 0 aliphatic carbocycles. The first-order valence-corrected chi connectivity index (χ1v) is 9.48. The van der Waals surface area contributed by atoms with Gasteiger partial charge in [0.05, 0.1) is 25.5 Å². The number of methoxy groups -OCH3 is 1. The highest BCUT2D eigenvalue weighted by molar-refractivity contribution is 5.79. The average molecular weight is 414 g/mol. The van der Waals surface area contributed by atoms with Crippen LogP contribution in [0.5, 0.6) is 5.88 Å². The Kier molecular flexibility index (Phi) is 4.20. The molecule has 0 saturated carbocycles. The van der Waals surface area contributed by atoms with E-state index in [0.717, 1.165) is 4.68 Å². The van der Waals surface area contributed by atoms with Crippen molar-refractivity contribution in [2.75, 3.05) is 25.6 Å². The van der Waals surface area contributed by atoms with Gasteiger partial charge in [0.2, 0.25) is 5.95 Å². The molecule has 2 atom stereocenters. The first-order chi connectivity index (χ1) is 15.5. The lowest BCUT2D eigenvalue weighted by Gasteiger charge is -2.43. The number of aryl methyl sites for hydroxylation is 1. The number of fused-ring (bicyclic) bond motifs is 1. The van der Waals surface area contributed by atoms with E-state index in [4.69, 9.17) is 18.3 Å². The van der Waals surface area contributed by atoms with Crippen molar-refractivity contribution in [1.29, 1.82) is 5.26 Å². The normalized spacial score (nSPS) is 20.5. The van der Waals surface area contributed by atoms with Crippen molar-refractivity contribution in [1.82, 2.24) is 24.3 Å². The Bertz CT molecular complexity index is 1210. The molecule has 1 N–H and O–H groups in total. The zero-order valence-electron chi connectivity index (χ0n) is 20.2. The van der Waals surface area contributed by atoms with Gasteiger partial charge in [0.25, 0.3) is 5.88 Å². The fraction of sp³-hybridized carbons (Fsp3) is 0.500. The molecule has 0 unspecified atom stereocenters. The first kappa shape index (κ1) is 16.6. The molecular formula is C20H25N7O3. The second kappa shape index (κ2) is 7.59. The van der Waals surface area contributed by atoms with Gasteiger partial charge in [-0.15, -0.1) is 5.10 Å². The van der Waals surface area contributed by atoms with Crippen molar-refractivity contribution < 1.29 is 18.3 Å². The topological polar surface area (TPSA) is 112 Å². The molecule has 3 aromatic heterocycles. The zero-order chi connectivity index (χ0) is 24.0. The van der Waals surface area contributed by atoms with E-state index >= 15 is 0 Å². The van der Waals surface area contributed by atoms with E-state index in [0.29, 0.717) is 35.6 Å². The van der Waals surface area contributed by atoms with Crippen LogP contribution in [0.3, 0.4) is 0 Å². The number of anilines is 2. The fourth-order valence-electron chi connectivity index (χ4n) is 3.36. The maximum Gasteiger partial charge on any atom is 0.257 e. The average Bonchev–Trinajstić information content (AvgIpc) is 3.32. The molecule has 0 spiro atoms. The minimum absolute atomic E-state index is 0.108. The Balaban J connectivity index is 1.70. The summed E-state index contributed by atoms with van der Waals surface area (Å²) >= 11 is 0. The molecule has 1 fully saturated rings. The molecule has 4 rings (SSSR count). The molecule has 158 valence electrons. The molecule has 30 heavy (non-hydrogen) atoms. The van der Waals surface area contributed by atoms with Gasteiger partial charge in [0.15, 0.2) is 6.10 Å². The third-order valence-corrected chi connectivity index (χ3v) is 5.10. The molecule has 1 aliphatic heterocycles. The predicted octanol–water partition coefficient (Wildman–Crippen LogP) is 2.54. The van der Waals surface area contributed by atoms with E-state index in [2.05, 4.69) is 26.5 Å². The van der Waals surface area contributed by atoms with Crippen LogP contribution in [0.15, 0.2) is 18.5 Å². The minimum atomic E-state index is -2.49. The molecule has 0 radical (unpaired) electrons. The van der Waals surface area contributed by atoms with E-state index in [1.807, 2.05) is 20.8 Å². The van der Waals surface area contributed by atoms with Crippen molar-refractivity contribution >= 4 is 22.7 Å². The van der Waals surface area contributed by atoms with Crippen LogP contribution in [0.25, 0.3) is 11.0 Å². The number of aromatic nitrogens is 5. The van der Waals surface area contributed by atoms with Crippen molar-refractivity contribution in [2.24, 2.45) is 6.98 Å². The SMILES string of the molecule is [2H]C([2H])([2H])n1cc(Nc2ncc3cc(C#N)n([C@@H](C)COC)c3n2)c(O[C@@H]2COC2(C)C)n1. The number of nitrogens with one attached hydrogen (secondary N) is 1. The Hall–Kier alpha value is -3.16. The lowest BCUT2D eigenvalue weighted by Crippen LogP contribution is -2.56. The van der Waals surface area contributed by atoms with Gasteiger partial charge in [-0.05, 0) is 26.8 Å². The summed E-state index contributed by atoms with van der Waals surface area (Å²) < 4.78 is 42.4. The fourth-order valence-corrected chi connectivity index (χ4v) is 3.36. The molecule has 3 aromatic rings. The summed E-state index contributed by atoms with van der Waals surface area (Å²) in [6.45, 7) is 3.97. The van der Waals surface area contributed by atoms with Crippen LogP contribution in [0.4, 0.5) is 11.6 Å². The van der Waals surface area contributed by atoms with E-state index < -0.39 is 12.6 Å². The van der Waals surface area contributed by atoms with Gasteiger partial charge in [0, 0.05) is 29.8 Å². The molecule has 4 heterocycles. The maximum atomic E-state index is 9.55. The first-order valence-electron chi connectivity index (χ1n) is 11.0. The number of ether oxygens (including phenoxy) is 3. The molecule has 0 bridgehead atoms. The van der Waals surface area contributed by atoms with Gasteiger partial charge in [-0.3, -0.25) is 4.68 Å². The van der Waals surface area contributed by atoms with E-state index in [9.17, 15) is 5.26 Å².